The van der Waals surface area contributed by atoms with Crippen molar-refractivity contribution in [3.05, 3.63) is 42.2 Å². The van der Waals surface area contributed by atoms with Crippen molar-refractivity contribution in [1.82, 2.24) is 30.9 Å². The molecule has 0 radical (unpaired) electrons. The molecule has 1 aliphatic carbocycles. The predicted molar refractivity (Wildman–Crippen MR) is 119 cm³/mol. The Labute approximate surface area is 186 Å². The molecular weight excluding hydrogens is 412 g/mol. The van der Waals surface area contributed by atoms with E-state index in [9.17, 15) is 9.59 Å². The van der Waals surface area contributed by atoms with Gasteiger partial charge in [-0.3, -0.25) is 15.0 Å². The lowest BCUT2D eigenvalue weighted by Gasteiger charge is -2.21. The SMILES string of the molecule is CNCC(NC(=O)c1nc(C2CC2)ccc1Nc1cncnc1)C(=N)C(=O)NC(C)CO. The number of carbonyl (C=O) groups is 2. The number of aliphatic hydroxyl groups is 1. The number of rotatable bonds is 11. The van der Waals surface area contributed by atoms with Crippen LogP contribution in [-0.2, 0) is 4.79 Å². The van der Waals surface area contributed by atoms with E-state index in [0.29, 0.717) is 17.3 Å². The van der Waals surface area contributed by atoms with Crippen molar-refractivity contribution in [2.24, 2.45) is 0 Å². The van der Waals surface area contributed by atoms with Crippen LogP contribution in [0.4, 0.5) is 11.4 Å². The molecule has 2 aromatic rings. The van der Waals surface area contributed by atoms with E-state index in [0.717, 1.165) is 18.5 Å². The number of likely N-dealkylation sites (N-methyl/N-ethyl adjacent to an activating group) is 1. The highest BCUT2D eigenvalue weighted by molar-refractivity contribution is 6.40. The van der Waals surface area contributed by atoms with Crippen LogP contribution in [0.3, 0.4) is 0 Å². The molecule has 0 aliphatic heterocycles. The molecule has 6 N–H and O–H groups in total. The lowest BCUT2D eigenvalue weighted by Crippen LogP contribution is -2.53. The summed E-state index contributed by atoms with van der Waals surface area (Å²) >= 11 is 0. The zero-order chi connectivity index (χ0) is 23.1. The molecule has 32 heavy (non-hydrogen) atoms. The largest absolute Gasteiger partial charge is 0.394 e. The Balaban J connectivity index is 1.82. The van der Waals surface area contributed by atoms with Crippen molar-refractivity contribution >= 4 is 28.9 Å². The third-order valence-electron chi connectivity index (χ3n) is 4.93. The average molecular weight is 441 g/mol. The second-order valence-electron chi connectivity index (χ2n) is 7.71. The molecule has 2 heterocycles. The van der Waals surface area contributed by atoms with Crippen LogP contribution in [0.5, 0.6) is 0 Å². The van der Waals surface area contributed by atoms with Gasteiger partial charge >= 0.3 is 0 Å². The zero-order valence-electron chi connectivity index (χ0n) is 18.1. The Hall–Kier alpha value is -3.44. The Bertz CT molecular complexity index is 965. The fourth-order valence-corrected chi connectivity index (χ4v) is 3.04. The van der Waals surface area contributed by atoms with E-state index >= 15 is 0 Å². The van der Waals surface area contributed by atoms with Crippen molar-refractivity contribution in [3.8, 4) is 0 Å². The van der Waals surface area contributed by atoms with E-state index in [1.54, 1.807) is 32.4 Å². The van der Waals surface area contributed by atoms with Gasteiger partial charge in [-0.1, -0.05) is 0 Å². The van der Waals surface area contributed by atoms with E-state index in [-0.39, 0.29) is 24.6 Å². The first-order valence-electron chi connectivity index (χ1n) is 10.4. The van der Waals surface area contributed by atoms with Gasteiger partial charge in [0.15, 0.2) is 5.69 Å². The highest BCUT2D eigenvalue weighted by Gasteiger charge is 2.29. The van der Waals surface area contributed by atoms with Gasteiger partial charge in [0.1, 0.15) is 12.0 Å². The van der Waals surface area contributed by atoms with Crippen molar-refractivity contribution in [2.75, 3.05) is 25.5 Å². The standard InChI is InChI=1S/C21H28N8O3/c1-12(10-30)26-20(31)18(22)17(9-23-2)29-21(32)19-16(27-14-7-24-11-25-8-14)6-5-15(28-19)13-3-4-13/h5-8,11-13,17,22-23,27,30H,3-4,9-10H2,1-2H3,(H,26,31)(H,29,32). The van der Waals surface area contributed by atoms with Crippen LogP contribution in [0.15, 0.2) is 30.9 Å². The highest BCUT2D eigenvalue weighted by atomic mass is 16.3. The van der Waals surface area contributed by atoms with Gasteiger partial charge in [-0.2, -0.15) is 0 Å². The molecule has 3 rings (SSSR count). The van der Waals surface area contributed by atoms with E-state index in [4.69, 9.17) is 10.5 Å². The van der Waals surface area contributed by atoms with E-state index in [1.807, 2.05) is 6.07 Å². The second kappa shape index (κ2) is 10.7. The van der Waals surface area contributed by atoms with E-state index in [1.165, 1.54) is 6.33 Å². The van der Waals surface area contributed by atoms with Crippen LogP contribution >= 0.6 is 0 Å². The summed E-state index contributed by atoms with van der Waals surface area (Å²) in [7, 11) is 1.66. The Kier molecular flexibility index (Phi) is 7.79. The number of nitrogens with zero attached hydrogens (tertiary/aromatic N) is 3. The fourth-order valence-electron chi connectivity index (χ4n) is 3.04. The summed E-state index contributed by atoms with van der Waals surface area (Å²) in [6.07, 6.45) is 6.63. The number of pyridine rings is 1. The summed E-state index contributed by atoms with van der Waals surface area (Å²) in [5.41, 5.74) is 1.74. The molecule has 2 aromatic heterocycles. The maximum atomic E-state index is 13.2. The molecule has 0 spiro atoms. The number of nitrogens with one attached hydrogen (secondary N) is 5. The fraction of sp³-hybridized carbons (Fsp3) is 0.429. The van der Waals surface area contributed by atoms with Gasteiger partial charge in [0.2, 0.25) is 0 Å². The predicted octanol–water partition coefficient (Wildman–Crippen LogP) is 0.327. The maximum absolute atomic E-state index is 13.2. The van der Waals surface area contributed by atoms with Crippen LogP contribution in [0.1, 0.15) is 41.9 Å². The van der Waals surface area contributed by atoms with Crippen LogP contribution < -0.4 is 21.3 Å². The second-order valence-corrected chi connectivity index (χ2v) is 7.71. The molecule has 0 aromatic carbocycles. The normalized spacial score (nSPS) is 14.8. The first-order valence-corrected chi connectivity index (χ1v) is 10.4. The number of aliphatic hydroxyl groups excluding tert-OH is 1. The Morgan fingerprint density at radius 1 is 1.22 bits per heavy atom. The first kappa shape index (κ1) is 23.2. The van der Waals surface area contributed by atoms with Gasteiger partial charge in [-0.25, -0.2) is 15.0 Å². The average Bonchev–Trinajstić information content (AvgIpc) is 3.64. The quantitative estimate of drug-likeness (QED) is 0.272. The summed E-state index contributed by atoms with van der Waals surface area (Å²) in [4.78, 5) is 38.0. The van der Waals surface area contributed by atoms with Crippen molar-refractivity contribution in [1.29, 1.82) is 5.41 Å². The maximum Gasteiger partial charge on any atom is 0.272 e. The third kappa shape index (κ3) is 6.05. The molecule has 1 saturated carbocycles. The molecule has 2 amide bonds. The summed E-state index contributed by atoms with van der Waals surface area (Å²) < 4.78 is 0. The summed E-state index contributed by atoms with van der Waals surface area (Å²) in [5.74, 6) is -0.834. The molecule has 170 valence electrons. The molecule has 0 saturated heterocycles. The van der Waals surface area contributed by atoms with Gasteiger partial charge < -0.3 is 26.4 Å². The molecular formula is C21H28N8O3. The lowest BCUT2D eigenvalue weighted by atomic mass is 10.1. The zero-order valence-corrected chi connectivity index (χ0v) is 18.1. The van der Waals surface area contributed by atoms with E-state index in [2.05, 4.69) is 36.2 Å². The van der Waals surface area contributed by atoms with Crippen LogP contribution in [-0.4, -0.2) is 69.9 Å². The van der Waals surface area contributed by atoms with Crippen LogP contribution in [0.2, 0.25) is 0 Å². The molecule has 11 heteroatoms. The molecule has 2 atom stereocenters. The molecule has 1 fully saturated rings. The third-order valence-corrected chi connectivity index (χ3v) is 4.93. The lowest BCUT2D eigenvalue weighted by molar-refractivity contribution is -0.115. The number of hydrogen-bond acceptors (Lipinski definition) is 9. The Morgan fingerprint density at radius 3 is 2.56 bits per heavy atom. The molecule has 2 unspecified atom stereocenters. The van der Waals surface area contributed by atoms with Gasteiger partial charge in [0, 0.05) is 24.2 Å². The number of amides is 2. The molecule has 11 nitrogen and oxygen atoms in total. The summed E-state index contributed by atoms with van der Waals surface area (Å²) in [5, 5.41) is 28.6. The number of aromatic nitrogens is 3. The molecule has 1 aliphatic rings. The number of hydrogen-bond donors (Lipinski definition) is 6. The van der Waals surface area contributed by atoms with Crippen LogP contribution in [0.25, 0.3) is 0 Å². The van der Waals surface area contributed by atoms with Crippen molar-refractivity contribution in [3.63, 3.8) is 0 Å². The van der Waals surface area contributed by atoms with Gasteiger partial charge in [0.05, 0.1) is 36.4 Å². The van der Waals surface area contributed by atoms with Gasteiger partial charge in [-0.05, 0) is 38.9 Å². The summed E-state index contributed by atoms with van der Waals surface area (Å²) in [6, 6.07) is 2.28. The minimum absolute atomic E-state index is 0.163. The number of anilines is 2. The monoisotopic (exact) mass is 440 g/mol. The van der Waals surface area contributed by atoms with Crippen molar-refractivity contribution < 1.29 is 14.7 Å². The van der Waals surface area contributed by atoms with Gasteiger partial charge in [0.25, 0.3) is 11.8 Å². The minimum Gasteiger partial charge on any atom is -0.394 e. The van der Waals surface area contributed by atoms with Gasteiger partial charge in [-0.15, -0.1) is 0 Å². The Morgan fingerprint density at radius 2 is 1.94 bits per heavy atom. The highest BCUT2D eigenvalue weighted by Crippen LogP contribution is 2.39. The van der Waals surface area contributed by atoms with Crippen LogP contribution in [0, 0.1) is 5.41 Å². The summed E-state index contributed by atoms with van der Waals surface area (Å²) in [6.45, 7) is 1.54. The van der Waals surface area contributed by atoms with E-state index < -0.39 is 23.9 Å². The minimum atomic E-state index is -0.891. The first-order chi connectivity index (χ1) is 15.4. The van der Waals surface area contributed by atoms with Crippen molar-refractivity contribution in [2.45, 2.75) is 37.8 Å². The topological polar surface area (TPSA) is 165 Å². The number of carbonyl (C=O) groups excluding carboxylic acids is 2. The smallest absolute Gasteiger partial charge is 0.272 e. The molecule has 0 bridgehead atoms.